The van der Waals surface area contributed by atoms with Crippen LogP contribution in [0.3, 0.4) is 0 Å². The SMILES string of the molecule is O=C(Nc1cnccn1)c1cccc2ccc(Cl)nc12. The second-order valence-electron chi connectivity index (χ2n) is 4.06. The van der Waals surface area contributed by atoms with Crippen LogP contribution in [0.5, 0.6) is 0 Å². The van der Waals surface area contributed by atoms with Crippen molar-refractivity contribution >= 4 is 34.2 Å². The Morgan fingerprint density at radius 3 is 2.85 bits per heavy atom. The average molecular weight is 285 g/mol. The first-order valence-electron chi connectivity index (χ1n) is 5.87. The van der Waals surface area contributed by atoms with Crippen LogP contribution in [0, 0.1) is 0 Å². The van der Waals surface area contributed by atoms with Crippen LogP contribution >= 0.6 is 11.6 Å². The predicted molar refractivity (Wildman–Crippen MR) is 76.7 cm³/mol. The molecule has 1 aromatic carbocycles. The van der Waals surface area contributed by atoms with Crippen LogP contribution in [0.1, 0.15) is 10.4 Å². The first-order valence-corrected chi connectivity index (χ1v) is 6.24. The van der Waals surface area contributed by atoms with Gasteiger partial charge in [0.1, 0.15) is 5.15 Å². The van der Waals surface area contributed by atoms with Gasteiger partial charge in [0.05, 0.1) is 17.3 Å². The van der Waals surface area contributed by atoms with E-state index >= 15 is 0 Å². The number of rotatable bonds is 2. The highest BCUT2D eigenvalue weighted by Gasteiger charge is 2.12. The molecule has 3 aromatic rings. The third-order valence-corrected chi connectivity index (χ3v) is 2.95. The standard InChI is InChI=1S/C14H9ClN4O/c15-11-5-4-9-2-1-3-10(13(9)18-11)14(20)19-12-8-16-6-7-17-12/h1-8H,(H,17,19,20). The van der Waals surface area contributed by atoms with Crippen LogP contribution in [0.4, 0.5) is 5.82 Å². The molecule has 0 unspecified atom stereocenters. The van der Waals surface area contributed by atoms with Gasteiger partial charge < -0.3 is 5.32 Å². The maximum atomic E-state index is 12.3. The third-order valence-electron chi connectivity index (χ3n) is 2.74. The lowest BCUT2D eigenvalue weighted by atomic mass is 10.1. The van der Waals surface area contributed by atoms with E-state index in [2.05, 4.69) is 20.3 Å². The lowest BCUT2D eigenvalue weighted by Crippen LogP contribution is -2.13. The Hall–Kier alpha value is -2.53. The topological polar surface area (TPSA) is 67.8 Å². The molecule has 0 saturated carbocycles. The number of carbonyl (C=O) groups excluding carboxylic acids is 1. The molecule has 2 aromatic heterocycles. The van der Waals surface area contributed by atoms with Crippen molar-refractivity contribution in [3.05, 3.63) is 59.6 Å². The fraction of sp³-hybridized carbons (Fsp3) is 0. The molecular weight excluding hydrogens is 276 g/mol. The van der Waals surface area contributed by atoms with Gasteiger partial charge in [0.15, 0.2) is 5.82 Å². The summed E-state index contributed by atoms with van der Waals surface area (Å²) < 4.78 is 0. The summed E-state index contributed by atoms with van der Waals surface area (Å²) in [5.74, 6) is 0.0856. The Labute approximate surface area is 119 Å². The van der Waals surface area contributed by atoms with Crippen LogP contribution < -0.4 is 5.32 Å². The highest BCUT2D eigenvalue weighted by atomic mass is 35.5. The van der Waals surface area contributed by atoms with Gasteiger partial charge in [-0.25, -0.2) is 9.97 Å². The average Bonchev–Trinajstić information content (AvgIpc) is 2.47. The summed E-state index contributed by atoms with van der Waals surface area (Å²) in [5, 5.41) is 3.87. The number of nitrogens with zero attached hydrogens (tertiary/aromatic N) is 3. The summed E-state index contributed by atoms with van der Waals surface area (Å²) in [5.41, 5.74) is 0.997. The zero-order valence-electron chi connectivity index (χ0n) is 10.2. The van der Waals surface area contributed by atoms with Crippen molar-refractivity contribution in [1.29, 1.82) is 0 Å². The van der Waals surface area contributed by atoms with Crippen LogP contribution in [0.15, 0.2) is 48.9 Å². The van der Waals surface area contributed by atoms with Gasteiger partial charge >= 0.3 is 0 Å². The van der Waals surface area contributed by atoms with E-state index in [0.29, 0.717) is 22.1 Å². The highest BCUT2D eigenvalue weighted by molar-refractivity contribution is 6.30. The van der Waals surface area contributed by atoms with Gasteiger partial charge in [0, 0.05) is 17.8 Å². The number of aromatic nitrogens is 3. The Morgan fingerprint density at radius 2 is 2.05 bits per heavy atom. The zero-order valence-corrected chi connectivity index (χ0v) is 11.0. The number of halogens is 1. The van der Waals surface area contributed by atoms with Crippen LogP contribution in [-0.4, -0.2) is 20.9 Å². The van der Waals surface area contributed by atoms with E-state index in [1.54, 1.807) is 18.2 Å². The molecule has 0 aliphatic heterocycles. The summed E-state index contributed by atoms with van der Waals surface area (Å²) >= 11 is 5.89. The summed E-state index contributed by atoms with van der Waals surface area (Å²) in [6, 6.07) is 8.87. The van der Waals surface area contributed by atoms with E-state index in [1.165, 1.54) is 18.6 Å². The molecule has 0 bridgehead atoms. The molecule has 0 aliphatic rings. The van der Waals surface area contributed by atoms with Crippen molar-refractivity contribution in [2.45, 2.75) is 0 Å². The van der Waals surface area contributed by atoms with Crippen LogP contribution in [-0.2, 0) is 0 Å². The molecule has 0 spiro atoms. The first kappa shape index (κ1) is 12.5. The summed E-state index contributed by atoms with van der Waals surface area (Å²) in [4.78, 5) is 24.4. The Bertz CT molecular complexity index is 776. The van der Waals surface area contributed by atoms with Crippen molar-refractivity contribution in [1.82, 2.24) is 15.0 Å². The van der Waals surface area contributed by atoms with E-state index in [9.17, 15) is 4.79 Å². The van der Waals surface area contributed by atoms with E-state index in [1.807, 2.05) is 12.1 Å². The zero-order chi connectivity index (χ0) is 13.9. The van der Waals surface area contributed by atoms with Crippen molar-refractivity contribution in [2.24, 2.45) is 0 Å². The summed E-state index contributed by atoms with van der Waals surface area (Å²) in [6.45, 7) is 0. The number of para-hydroxylation sites is 1. The summed E-state index contributed by atoms with van der Waals surface area (Å²) in [6.07, 6.45) is 4.52. The number of carbonyl (C=O) groups is 1. The molecule has 0 aliphatic carbocycles. The number of amides is 1. The predicted octanol–water partition coefficient (Wildman–Crippen LogP) is 2.93. The van der Waals surface area contributed by atoms with Crippen LogP contribution in [0.2, 0.25) is 5.15 Å². The minimum atomic E-state index is -0.300. The first-order chi connectivity index (χ1) is 9.74. The monoisotopic (exact) mass is 284 g/mol. The van der Waals surface area contributed by atoms with Gasteiger partial charge in [-0.05, 0) is 18.2 Å². The van der Waals surface area contributed by atoms with Crippen molar-refractivity contribution < 1.29 is 4.79 Å². The molecule has 0 atom stereocenters. The minimum absolute atomic E-state index is 0.300. The van der Waals surface area contributed by atoms with Gasteiger partial charge in [0.25, 0.3) is 5.91 Å². The molecular formula is C14H9ClN4O. The Balaban J connectivity index is 2.01. The minimum Gasteiger partial charge on any atom is -0.305 e. The van der Waals surface area contributed by atoms with Gasteiger partial charge in [-0.2, -0.15) is 0 Å². The van der Waals surface area contributed by atoms with Crippen LogP contribution in [0.25, 0.3) is 10.9 Å². The second kappa shape index (κ2) is 5.22. The lowest BCUT2D eigenvalue weighted by molar-refractivity contribution is 0.102. The van der Waals surface area contributed by atoms with Crippen molar-refractivity contribution in [3.8, 4) is 0 Å². The number of anilines is 1. The molecule has 5 nitrogen and oxygen atoms in total. The van der Waals surface area contributed by atoms with Gasteiger partial charge in [-0.3, -0.25) is 9.78 Å². The highest BCUT2D eigenvalue weighted by Crippen LogP contribution is 2.20. The molecule has 6 heteroatoms. The molecule has 2 heterocycles. The lowest BCUT2D eigenvalue weighted by Gasteiger charge is -2.06. The quantitative estimate of drug-likeness (QED) is 0.735. The Kier molecular flexibility index (Phi) is 3.26. The molecule has 3 rings (SSSR count). The fourth-order valence-electron chi connectivity index (χ4n) is 1.85. The number of nitrogens with one attached hydrogen (secondary N) is 1. The molecule has 20 heavy (non-hydrogen) atoms. The molecule has 1 amide bonds. The maximum absolute atomic E-state index is 12.3. The number of fused-ring (bicyclic) bond motifs is 1. The number of hydrogen-bond acceptors (Lipinski definition) is 4. The van der Waals surface area contributed by atoms with Gasteiger partial charge in [0.2, 0.25) is 0 Å². The van der Waals surface area contributed by atoms with Gasteiger partial charge in [-0.1, -0.05) is 23.7 Å². The number of hydrogen-bond donors (Lipinski definition) is 1. The maximum Gasteiger partial charge on any atom is 0.259 e. The number of pyridine rings is 1. The van der Waals surface area contributed by atoms with E-state index < -0.39 is 0 Å². The van der Waals surface area contributed by atoms with E-state index in [-0.39, 0.29) is 5.91 Å². The largest absolute Gasteiger partial charge is 0.305 e. The smallest absolute Gasteiger partial charge is 0.259 e. The molecule has 0 saturated heterocycles. The normalized spacial score (nSPS) is 10.4. The second-order valence-corrected chi connectivity index (χ2v) is 4.44. The van der Waals surface area contributed by atoms with Gasteiger partial charge in [-0.15, -0.1) is 0 Å². The molecule has 0 radical (unpaired) electrons. The fourth-order valence-corrected chi connectivity index (χ4v) is 2.00. The van der Waals surface area contributed by atoms with E-state index in [4.69, 9.17) is 11.6 Å². The number of benzene rings is 1. The third kappa shape index (κ3) is 2.44. The van der Waals surface area contributed by atoms with E-state index in [0.717, 1.165) is 5.39 Å². The summed E-state index contributed by atoms with van der Waals surface area (Å²) in [7, 11) is 0. The molecule has 0 fully saturated rings. The Morgan fingerprint density at radius 1 is 1.15 bits per heavy atom. The van der Waals surface area contributed by atoms with Crippen molar-refractivity contribution in [2.75, 3.05) is 5.32 Å². The van der Waals surface area contributed by atoms with Crippen molar-refractivity contribution in [3.63, 3.8) is 0 Å². The molecule has 98 valence electrons. The molecule has 1 N–H and O–H groups in total.